The van der Waals surface area contributed by atoms with Crippen molar-refractivity contribution in [1.82, 2.24) is 5.32 Å². The maximum Gasteiger partial charge on any atom is 0.341 e. The molecule has 1 N–H and O–H groups in total. The van der Waals surface area contributed by atoms with Crippen molar-refractivity contribution in [2.24, 2.45) is 0 Å². The number of carbonyl (C=O) groups excluding carboxylic acids is 2. The number of nitrogens with one attached hydrogen (secondary N) is 1. The van der Waals surface area contributed by atoms with Gasteiger partial charge in [-0.2, -0.15) is 0 Å². The topological polar surface area (TPSA) is 77.8 Å². The molecule has 1 heterocycles. The molecule has 1 aromatic heterocycles. The van der Waals surface area contributed by atoms with Crippen LogP contribution in [0.1, 0.15) is 43.4 Å². The van der Waals surface area contributed by atoms with Gasteiger partial charge in [-0.25, -0.2) is 4.79 Å². The minimum atomic E-state index is -0.489. The standard InChI is InChI=1S/C18H21NO5/c1-10-11(2)24-12(3)16(10)17(20)19-9-13-6-7-15(22-4)14(8-13)18(21)23-5/h6-8H,9H2,1-5H3,(H,19,20). The van der Waals surface area contributed by atoms with E-state index in [-0.39, 0.29) is 12.5 Å². The number of hydrogen-bond acceptors (Lipinski definition) is 5. The van der Waals surface area contributed by atoms with Gasteiger partial charge in [0.2, 0.25) is 0 Å². The van der Waals surface area contributed by atoms with Gasteiger partial charge in [0.15, 0.2) is 0 Å². The van der Waals surface area contributed by atoms with Crippen LogP contribution in [0.2, 0.25) is 0 Å². The molecular weight excluding hydrogens is 310 g/mol. The smallest absolute Gasteiger partial charge is 0.341 e. The predicted molar refractivity (Wildman–Crippen MR) is 88.4 cm³/mol. The zero-order valence-corrected chi connectivity index (χ0v) is 14.5. The minimum absolute atomic E-state index is 0.211. The van der Waals surface area contributed by atoms with E-state index in [1.807, 2.05) is 13.8 Å². The minimum Gasteiger partial charge on any atom is -0.496 e. The number of carbonyl (C=O) groups is 2. The summed E-state index contributed by atoms with van der Waals surface area (Å²) < 4.78 is 15.4. The van der Waals surface area contributed by atoms with Gasteiger partial charge < -0.3 is 19.2 Å². The molecule has 128 valence electrons. The van der Waals surface area contributed by atoms with Crippen molar-refractivity contribution >= 4 is 11.9 Å². The summed E-state index contributed by atoms with van der Waals surface area (Å²) in [6.45, 7) is 5.71. The Morgan fingerprint density at radius 2 is 1.83 bits per heavy atom. The van der Waals surface area contributed by atoms with Crippen molar-refractivity contribution in [2.75, 3.05) is 14.2 Å². The first-order valence-corrected chi connectivity index (χ1v) is 7.49. The highest BCUT2D eigenvalue weighted by molar-refractivity contribution is 5.97. The second-order valence-electron chi connectivity index (χ2n) is 5.42. The molecule has 24 heavy (non-hydrogen) atoms. The van der Waals surface area contributed by atoms with Gasteiger partial charge in [0.25, 0.3) is 5.91 Å². The van der Waals surface area contributed by atoms with E-state index >= 15 is 0 Å². The molecule has 2 rings (SSSR count). The molecule has 0 aliphatic carbocycles. The normalized spacial score (nSPS) is 10.4. The average Bonchev–Trinajstić information content (AvgIpc) is 2.84. The van der Waals surface area contributed by atoms with Crippen LogP contribution >= 0.6 is 0 Å². The molecule has 0 bridgehead atoms. The van der Waals surface area contributed by atoms with Crippen LogP contribution < -0.4 is 10.1 Å². The quantitative estimate of drug-likeness (QED) is 0.852. The number of ether oxygens (including phenoxy) is 2. The summed E-state index contributed by atoms with van der Waals surface area (Å²) in [6, 6.07) is 5.10. The van der Waals surface area contributed by atoms with E-state index in [2.05, 4.69) is 5.32 Å². The fourth-order valence-electron chi connectivity index (χ4n) is 2.53. The van der Waals surface area contributed by atoms with Crippen LogP contribution in [0.15, 0.2) is 22.6 Å². The summed E-state index contributed by atoms with van der Waals surface area (Å²) in [4.78, 5) is 24.2. The van der Waals surface area contributed by atoms with E-state index in [1.165, 1.54) is 14.2 Å². The van der Waals surface area contributed by atoms with Crippen LogP contribution in [0.3, 0.4) is 0 Å². The van der Waals surface area contributed by atoms with Crippen molar-refractivity contribution in [3.63, 3.8) is 0 Å². The van der Waals surface area contributed by atoms with Gasteiger partial charge in [-0.15, -0.1) is 0 Å². The summed E-state index contributed by atoms with van der Waals surface area (Å²) in [7, 11) is 2.79. The highest BCUT2D eigenvalue weighted by atomic mass is 16.5. The molecule has 6 nitrogen and oxygen atoms in total. The van der Waals surface area contributed by atoms with E-state index < -0.39 is 5.97 Å². The van der Waals surface area contributed by atoms with Crippen LogP contribution in [0, 0.1) is 20.8 Å². The molecular formula is C18H21NO5. The van der Waals surface area contributed by atoms with Gasteiger partial charge in [0.1, 0.15) is 22.8 Å². The zero-order valence-electron chi connectivity index (χ0n) is 14.5. The Morgan fingerprint density at radius 3 is 2.38 bits per heavy atom. The van der Waals surface area contributed by atoms with E-state index in [1.54, 1.807) is 25.1 Å². The Morgan fingerprint density at radius 1 is 1.12 bits per heavy atom. The molecule has 0 fully saturated rings. The van der Waals surface area contributed by atoms with Gasteiger partial charge in [-0.1, -0.05) is 6.07 Å². The summed E-state index contributed by atoms with van der Waals surface area (Å²) in [5.74, 6) is 1.05. The van der Waals surface area contributed by atoms with E-state index in [0.29, 0.717) is 22.6 Å². The van der Waals surface area contributed by atoms with Crippen molar-refractivity contribution in [3.05, 3.63) is 52.0 Å². The lowest BCUT2D eigenvalue weighted by molar-refractivity contribution is 0.0597. The molecule has 0 radical (unpaired) electrons. The van der Waals surface area contributed by atoms with Gasteiger partial charge in [0, 0.05) is 12.1 Å². The molecule has 0 atom stereocenters. The molecule has 0 saturated heterocycles. The van der Waals surface area contributed by atoms with Crippen molar-refractivity contribution in [2.45, 2.75) is 27.3 Å². The Balaban J connectivity index is 2.17. The average molecular weight is 331 g/mol. The Hall–Kier alpha value is -2.76. The monoisotopic (exact) mass is 331 g/mol. The van der Waals surface area contributed by atoms with Crippen LogP contribution in [0.4, 0.5) is 0 Å². The Labute approximate surface area is 140 Å². The molecule has 1 aromatic carbocycles. The number of methoxy groups -OCH3 is 2. The lowest BCUT2D eigenvalue weighted by atomic mass is 10.1. The molecule has 0 aliphatic heterocycles. The van der Waals surface area contributed by atoms with Crippen LogP contribution in [-0.4, -0.2) is 26.1 Å². The van der Waals surface area contributed by atoms with Crippen LogP contribution in [0.25, 0.3) is 0 Å². The summed E-state index contributed by atoms with van der Waals surface area (Å²) >= 11 is 0. The first kappa shape index (κ1) is 17.6. The van der Waals surface area contributed by atoms with Gasteiger partial charge in [-0.05, 0) is 38.5 Å². The highest BCUT2D eigenvalue weighted by Gasteiger charge is 2.19. The molecule has 1 amide bonds. The number of benzene rings is 1. The van der Waals surface area contributed by atoms with Crippen LogP contribution in [-0.2, 0) is 11.3 Å². The Bertz CT molecular complexity index is 776. The number of esters is 1. The zero-order chi connectivity index (χ0) is 17.9. The number of aryl methyl sites for hydroxylation is 2. The van der Waals surface area contributed by atoms with Gasteiger partial charge in [0.05, 0.1) is 19.8 Å². The maximum absolute atomic E-state index is 12.4. The lowest BCUT2D eigenvalue weighted by Crippen LogP contribution is -2.24. The number of amides is 1. The molecule has 0 aliphatic rings. The maximum atomic E-state index is 12.4. The molecule has 0 unspecified atom stereocenters. The fraction of sp³-hybridized carbons (Fsp3) is 0.333. The molecule has 2 aromatic rings. The second kappa shape index (κ2) is 7.21. The second-order valence-corrected chi connectivity index (χ2v) is 5.42. The molecule has 6 heteroatoms. The summed E-state index contributed by atoms with van der Waals surface area (Å²) in [5, 5.41) is 2.84. The summed E-state index contributed by atoms with van der Waals surface area (Å²) in [6.07, 6.45) is 0. The highest BCUT2D eigenvalue weighted by Crippen LogP contribution is 2.22. The Kier molecular flexibility index (Phi) is 5.28. The third-order valence-corrected chi connectivity index (χ3v) is 3.91. The number of hydrogen-bond donors (Lipinski definition) is 1. The predicted octanol–water partition coefficient (Wildman–Crippen LogP) is 2.93. The first-order chi connectivity index (χ1) is 11.4. The lowest BCUT2D eigenvalue weighted by Gasteiger charge is -2.10. The SMILES string of the molecule is COC(=O)c1cc(CNC(=O)c2c(C)oc(C)c2C)ccc1OC. The van der Waals surface area contributed by atoms with Crippen LogP contribution in [0.5, 0.6) is 5.75 Å². The first-order valence-electron chi connectivity index (χ1n) is 7.49. The largest absolute Gasteiger partial charge is 0.496 e. The van der Waals surface area contributed by atoms with Crippen molar-refractivity contribution in [3.8, 4) is 5.75 Å². The van der Waals surface area contributed by atoms with E-state index in [4.69, 9.17) is 13.9 Å². The van der Waals surface area contributed by atoms with Gasteiger partial charge in [-0.3, -0.25) is 4.79 Å². The number of rotatable bonds is 5. The van der Waals surface area contributed by atoms with Crippen molar-refractivity contribution in [1.29, 1.82) is 0 Å². The van der Waals surface area contributed by atoms with Gasteiger partial charge >= 0.3 is 5.97 Å². The fourth-order valence-corrected chi connectivity index (χ4v) is 2.53. The molecule has 0 spiro atoms. The molecule has 0 saturated carbocycles. The van der Waals surface area contributed by atoms with E-state index in [0.717, 1.165) is 16.9 Å². The summed E-state index contributed by atoms with van der Waals surface area (Å²) in [5.41, 5.74) is 2.46. The third kappa shape index (κ3) is 3.42. The number of furan rings is 1. The third-order valence-electron chi connectivity index (χ3n) is 3.91. The van der Waals surface area contributed by atoms with Crippen molar-refractivity contribution < 1.29 is 23.5 Å². The van der Waals surface area contributed by atoms with E-state index in [9.17, 15) is 9.59 Å².